The Morgan fingerprint density at radius 3 is 2.64 bits per heavy atom. The molecule has 1 aromatic carbocycles. The van der Waals surface area contributed by atoms with Gasteiger partial charge < -0.3 is 10.1 Å². The third kappa shape index (κ3) is 4.22. The molecule has 0 aliphatic heterocycles. The van der Waals surface area contributed by atoms with Gasteiger partial charge in [-0.2, -0.15) is 0 Å². The maximum atomic E-state index is 12.5. The lowest BCUT2D eigenvalue weighted by atomic mass is 10.2. The van der Waals surface area contributed by atoms with Crippen LogP contribution in [0.3, 0.4) is 0 Å². The molecular formula is C22H24N4O2. The van der Waals surface area contributed by atoms with E-state index >= 15 is 0 Å². The van der Waals surface area contributed by atoms with Crippen molar-refractivity contribution >= 4 is 5.91 Å². The fourth-order valence-electron chi connectivity index (χ4n) is 3.49. The summed E-state index contributed by atoms with van der Waals surface area (Å²) in [6, 6.07) is 11.2. The first-order chi connectivity index (χ1) is 13.7. The Balaban J connectivity index is 1.36. The Morgan fingerprint density at radius 1 is 1.14 bits per heavy atom. The third-order valence-corrected chi connectivity index (χ3v) is 5.06. The summed E-state index contributed by atoms with van der Waals surface area (Å²) in [6.07, 6.45) is 10.4. The van der Waals surface area contributed by atoms with Crippen LogP contribution in [-0.2, 0) is 6.54 Å². The molecule has 4 rings (SSSR count). The van der Waals surface area contributed by atoms with Crippen molar-refractivity contribution in [2.24, 2.45) is 0 Å². The number of carbonyl (C=O) groups excluding carboxylic acids is 1. The summed E-state index contributed by atoms with van der Waals surface area (Å²) in [7, 11) is 0. The Bertz CT molecular complexity index is 943. The molecule has 0 spiro atoms. The summed E-state index contributed by atoms with van der Waals surface area (Å²) in [6.45, 7) is 2.36. The van der Waals surface area contributed by atoms with Crippen molar-refractivity contribution in [2.75, 3.05) is 0 Å². The van der Waals surface area contributed by atoms with Crippen molar-refractivity contribution in [3.05, 3.63) is 71.9 Å². The van der Waals surface area contributed by atoms with E-state index in [1.54, 1.807) is 12.4 Å². The molecule has 1 aliphatic rings. The number of amides is 1. The smallest absolute Gasteiger partial charge is 0.251 e. The molecule has 6 heteroatoms. The Hall–Kier alpha value is -3.15. The molecule has 0 radical (unpaired) electrons. The molecule has 144 valence electrons. The monoisotopic (exact) mass is 376 g/mol. The number of hydrogen-bond donors (Lipinski definition) is 1. The molecule has 0 bridgehead atoms. The van der Waals surface area contributed by atoms with Gasteiger partial charge in [0.15, 0.2) is 0 Å². The standard InChI is InChI=1S/C22H24N4O2/c1-16-23-12-13-26(16)21-14-17(10-11-24-21)15-25-22(27)18-6-8-20(9-7-18)28-19-4-2-3-5-19/h6-14,19H,2-5,15H2,1H3,(H,25,27). The normalized spacial score (nSPS) is 14.2. The van der Waals surface area contributed by atoms with Gasteiger partial charge in [-0.05, 0) is 74.6 Å². The SMILES string of the molecule is Cc1nccn1-c1cc(CNC(=O)c2ccc(OC3CCCC3)cc2)ccn1. The molecule has 2 heterocycles. The van der Waals surface area contributed by atoms with Crippen molar-refractivity contribution in [2.45, 2.75) is 45.3 Å². The van der Waals surface area contributed by atoms with Gasteiger partial charge in [0.05, 0.1) is 6.10 Å². The number of aromatic nitrogens is 3. The summed E-state index contributed by atoms with van der Waals surface area (Å²) in [4.78, 5) is 21.1. The van der Waals surface area contributed by atoms with Crippen LogP contribution < -0.4 is 10.1 Å². The van der Waals surface area contributed by atoms with Crippen LogP contribution in [-0.4, -0.2) is 26.5 Å². The largest absolute Gasteiger partial charge is 0.490 e. The van der Waals surface area contributed by atoms with Crippen molar-refractivity contribution in [3.63, 3.8) is 0 Å². The summed E-state index contributed by atoms with van der Waals surface area (Å²) in [5.74, 6) is 2.38. The van der Waals surface area contributed by atoms with E-state index < -0.39 is 0 Å². The van der Waals surface area contributed by atoms with Gasteiger partial charge in [0.1, 0.15) is 17.4 Å². The highest BCUT2D eigenvalue weighted by atomic mass is 16.5. The van der Waals surface area contributed by atoms with Gasteiger partial charge in [-0.15, -0.1) is 0 Å². The molecule has 28 heavy (non-hydrogen) atoms. The molecular weight excluding hydrogens is 352 g/mol. The summed E-state index contributed by atoms with van der Waals surface area (Å²) >= 11 is 0. The maximum Gasteiger partial charge on any atom is 0.251 e. The van der Waals surface area contributed by atoms with Crippen molar-refractivity contribution < 1.29 is 9.53 Å². The number of imidazole rings is 1. The summed E-state index contributed by atoms with van der Waals surface area (Å²) in [5, 5.41) is 2.96. The first kappa shape index (κ1) is 18.2. The number of nitrogens with one attached hydrogen (secondary N) is 1. The highest BCUT2D eigenvalue weighted by molar-refractivity contribution is 5.94. The third-order valence-electron chi connectivity index (χ3n) is 5.06. The van der Waals surface area contributed by atoms with E-state index in [9.17, 15) is 4.79 Å². The predicted octanol–water partition coefficient (Wildman–Crippen LogP) is 3.83. The average Bonchev–Trinajstić information content (AvgIpc) is 3.38. The van der Waals surface area contributed by atoms with E-state index in [0.29, 0.717) is 18.2 Å². The molecule has 3 aromatic rings. The zero-order valence-corrected chi connectivity index (χ0v) is 16.0. The molecule has 1 aliphatic carbocycles. The van der Waals surface area contributed by atoms with Crippen LogP contribution in [0.2, 0.25) is 0 Å². The lowest BCUT2D eigenvalue weighted by Crippen LogP contribution is -2.23. The second kappa shape index (κ2) is 8.25. The summed E-state index contributed by atoms with van der Waals surface area (Å²) in [5.41, 5.74) is 1.60. The van der Waals surface area contributed by atoms with Crippen LogP contribution in [0, 0.1) is 6.92 Å². The van der Waals surface area contributed by atoms with Crippen LogP contribution >= 0.6 is 0 Å². The van der Waals surface area contributed by atoms with E-state index in [4.69, 9.17) is 4.74 Å². The van der Waals surface area contributed by atoms with Crippen LogP contribution in [0.4, 0.5) is 0 Å². The Kier molecular flexibility index (Phi) is 5.37. The number of aryl methyl sites for hydroxylation is 1. The van der Waals surface area contributed by atoms with Crippen LogP contribution in [0.25, 0.3) is 5.82 Å². The van der Waals surface area contributed by atoms with Crippen molar-refractivity contribution in [1.82, 2.24) is 19.9 Å². The van der Waals surface area contributed by atoms with Gasteiger partial charge in [-0.3, -0.25) is 9.36 Å². The Morgan fingerprint density at radius 2 is 1.93 bits per heavy atom. The molecule has 0 unspecified atom stereocenters. The minimum Gasteiger partial charge on any atom is -0.490 e. The zero-order chi connectivity index (χ0) is 19.3. The number of pyridine rings is 1. The number of carbonyl (C=O) groups is 1. The van der Waals surface area contributed by atoms with Gasteiger partial charge in [0, 0.05) is 30.7 Å². The van der Waals surface area contributed by atoms with Crippen LogP contribution in [0.5, 0.6) is 5.75 Å². The van der Waals surface area contributed by atoms with Gasteiger partial charge >= 0.3 is 0 Å². The first-order valence-electron chi connectivity index (χ1n) is 9.69. The zero-order valence-electron chi connectivity index (χ0n) is 16.0. The van der Waals surface area contributed by atoms with Crippen molar-refractivity contribution in [3.8, 4) is 11.6 Å². The van der Waals surface area contributed by atoms with E-state index in [1.165, 1.54) is 12.8 Å². The quantitative estimate of drug-likeness (QED) is 0.710. The van der Waals surface area contributed by atoms with Gasteiger partial charge in [0.25, 0.3) is 5.91 Å². The fourth-order valence-corrected chi connectivity index (χ4v) is 3.49. The van der Waals surface area contributed by atoms with Gasteiger partial charge in [-0.25, -0.2) is 9.97 Å². The predicted molar refractivity (Wildman–Crippen MR) is 107 cm³/mol. The average molecular weight is 376 g/mol. The highest BCUT2D eigenvalue weighted by Gasteiger charge is 2.16. The number of rotatable bonds is 6. The van der Waals surface area contributed by atoms with E-state index in [-0.39, 0.29) is 5.91 Å². The maximum absolute atomic E-state index is 12.5. The fraction of sp³-hybridized carbons (Fsp3) is 0.318. The van der Waals surface area contributed by atoms with Crippen LogP contribution in [0.1, 0.15) is 47.4 Å². The van der Waals surface area contributed by atoms with Crippen molar-refractivity contribution in [1.29, 1.82) is 0 Å². The number of benzene rings is 1. The lowest BCUT2D eigenvalue weighted by molar-refractivity contribution is 0.0951. The van der Waals surface area contributed by atoms with Gasteiger partial charge in [0.2, 0.25) is 0 Å². The molecule has 1 saturated carbocycles. The molecule has 2 aromatic heterocycles. The topological polar surface area (TPSA) is 69.0 Å². The highest BCUT2D eigenvalue weighted by Crippen LogP contribution is 2.24. The molecule has 6 nitrogen and oxygen atoms in total. The number of ether oxygens (including phenoxy) is 1. The van der Waals surface area contributed by atoms with E-state index in [0.717, 1.165) is 35.8 Å². The second-order valence-corrected chi connectivity index (χ2v) is 7.10. The number of hydrogen-bond acceptors (Lipinski definition) is 4. The Labute approximate surface area is 164 Å². The summed E-state index contributed by atoms with van der Waals surface area (Å²) < 4.78 is 7.86. The molecule has 1 N–H and O–H groups in total. The first-order valence-corrected chi connectivity index (χ1v) is 9.69. The lowest BCUT2D eigenvalue weighted by Gasteiger charge is -2.13. The molecule has 0 atom stereocenters. The van der Waals surface area contributed by atoms with E-state index in [2.05, 4.69) is 15.3 Å². The molecule has 1 fully saturated rings. The minimum atomic E-state index is -0.107. The second-order valence-electron chi connectivity index (χ2n) is 7.10. The molecule has 1 amide bonds. The van der Waals surface area contributed by atoms with E-state index in [1.807, 2.05) is 54.1 Å². The minimum absolute atomic E-state index is 0.107. The molecule has 0 saturated heterocycles. The van der Waals surface area contributed by atoms with Gasteiger partial charge in [-0.1, -0.05) is 0 Å². The number of nitrogens with zero attached hydrogens (tertiary/aromatic N) is 3. The van der Waals surface area contributed by atoms with Crippen LogP contribution in [0.15, 0.2) is 55.0 Å².